The number of rotatable bonds is 5. The molecule has 0 aliphatic carbocycles. The molecule has 0 aromatic heterocycles. The first-order chi connectivity index (χ1) is 14.1. The lowest BCUT2D eigenvalue weighted by atomic mass is 10.1. The predicted molar refractivity (Wildman–Crippen MR) is 110 cm³/mol. The molecular formula is C17H16Cl2N4O6S. The number of nitrogens with zero attached hydrogens (tertiary/aromatic N) is 3. The molecule has 13 heteroatoms. The van der Waals surface area contributed by atoms with Crippen molar-refractivity contribution in [3.63, 3.8) is 0 Å². The second kappa shape index (κ2) is 8.74. The highest BCUT2D eigenvalue weighted by atomic mass is 35.5. The van der Waals surface area contributed by atoms with Crippen LogP contribution in [0, 0.1) is 10.1 Å². The van der Waals surface area contributed by atoms with Crippen LogP contribution < -0.4 is 10.4 Å². The minimum atomic E-state index is -3.80. The number of nitrogens with one attached hydrogen (secondary N) is 1. The van der Waals surface area contributed by atoms with Crippen LogP contribution in [-0.4, -0.2) is 54.9 Å². The standard InChI is InChI=1S/C17H16Cl2N4O6S/c18-14-3-2-12(10-15(14)19)30(28,29)22-7-5-21(6-8-22)16-4-1-11(23(26)27)9-13(16)17(24)20-25/h1-4,9-10,25H,5-8H2,(H,20,24). The quantitative estimate of drug-likeness (QED) is 0.386. The highest BCUT2D eigenvalue weighted by Gasteiger charge is 2.30. The number of hydrogen-bond donors (Lipinski definition) is 2. The van der Waals surface area contributed by atoms with Gasteiger partial charge >= 0.3 is 0 Å². The number of hydroxylamine groups is 1. The van der Waals surface area contributed by atoms with E-state index in [0.717, 1.165) is 6.07 Å². The number of benzene rings is 2. The van der Waals surface area contributed by atoms with E-state index in [0.29, 0.717) is 5.69 Å². The van der Waals surface area contributed by atoms with Gasteiger partial charge in [-0.05, 0) is 24.3 Å². The molecule has 0 saturated carbocycles. The molecule has 10 nitrogen and oxygen atoms in total. The maximum Gasteiger partial charge on any atom is 0.276 e. The average Bonchev–Trinajstić information content (AvgIpc) is 2.74. The Morgan fingerprint density at radius 3 is 2.30 bits per heavy atom. The minimum Gasteiger partial charge on any atom is -0.368 e. The third kappa shape index (κ3) is 4.35. The number of anilines is 1. The number of halogens is 2. The summed E-state index contributed by atoms with van der Waals surface area (Å²) in [5, 5.41) is 20.3. The molecule has 0 unspecified atom stereocenters. The third-order valence-electron chi connectivity index (χ3n) is 4.65. The van der Waals surface area contributed by atoms with Gasteiger partial charge in [0.25, 0.3) is 11.6 Å². The summed E-state index contributed by atoms with van der Waals surface area (Å²) in [6.07, 6.45) is 0. The van der Waals surface area contributed by atoms with E-state index in [-0.39, 0.29) is 52.4 Å². The van der Waals surface area contributed by atoms with Crippen molar-refractivity contribution in [2.45, 2.75) is 4.90 Å². The molecule has 2 aromatic rings. The molecule has 1 fully saturated rings. The molecule has 2 N–H and O–H groups in total. The molecule has 1 amide bonds. The van der Waals surface area contributed by atoms with Gasteiger partial charge in [-0.25, -0.2) is 13.9 Å². The normalized spacial score (nSPS) is 15.1. The highest BCUT2D eigenvalue weighted by Crippen LogP contribution is 2.29. The fourth-order valence-corrected chi connectivity index (χ4v) is 4.92. The van der Waals surface area contributed by atoms with Crippen LogP contribution in [0.2, 0.25) is 10.0 Å². The molecule has 2 aromatic carbocycles. The van der Waals surface area contributed by atoms with E-state index in [1.165, 1.54) is 40.1 Å². The van der Waals surface area contributed by atoms with Gasteiger partial charge < -0.3 is 4.90 Å². The van der Waals surface area contributed by atoms with E-state index in [9.17, 15) is 23.3 Å². The number of amides is 1. The summed E-state index contributed by atoms with van der Waals surface area (Å²) in [7, 11) is -3.80. The molecule has 0 spiro atoms. The summed E-state index contributed by atoms with van der Waals surface area (Å²) in [4.78, 5) is 24.1. The van der Waals surface area contributed by atoms with Gasteiger partial charge in [-0.3, -0.25) is 20.1 Å². The number of piperazine rings is 1. The Labute approximate surface area is 181 Å². The Bertz CT molecular complexity index is 1100. The largest absolute Gasteiger partial charge is 0.368 e. The van der Waals surface area contributed by atoms with E-state index >= 15 is 0 Å². The van der Waals surface area contributed by atoms with Crippen molar-refractivity contribution in [3.8, 4) is 0 Å². The molecule has 0 bridgehead atoms. The summed E-state index contributed by atoms with van der Waals surface area (Å²) in [6, 6.07) is 7.75. The van der Waals surface area contributed by atoms with Gasteiger partial charge in [0.05, 0.1) is 31.1 Å². The van der Waals surface area contributed by atoms with Crippen LogP contribution in [0.1, 0.15) is 10.4 Å². The Kier molecular flexibility index (Phi) is 6.48. The number of carbonyl (C=O) groups excluding carboxylic acids is 1. The van der Waals surface area contributed by atoms with Crippen LogP contribution in [0.15, 0.2) is 41.3 Å². The highest BCUT2D eigenvalue weighted by molar-refractivity contribution is 7.89. The molecule has 0 atom stereocenters. The number of nitro benzene ring substituents is 1. The fourth-order valence-electron chi connectivity index (χ4n) is 3.11. The number of nitro groups is 1. The third-order valence-corrected chi connectivity index (χ3v) is 7.28. The van der Waals surface area contributed by atoms with Gasteiger partial charge in [0, 0.05) is 38.3 Å². The number of hydrogen-bond acceptors (Lipinski definition) is 7. The monoisotopic (exact) mass is 474 g/mol. The maximum absolute atomic E-state index is 12.9. The molecule has 1 aliphatic heterocycles. The summed E-state index contributed by atoms with van der Waals surface area (Å²) in [5.74, 6) is -0.903. The van der Waals surface area contributed by atoms with Gasteiger partial charge in [-0.1, -0.05) is 23.2 Å². The van der Waals surface area contributed by atoms with Crippen molar-refractivity contribution >= 4 is 50.5 Å². The van der Waals surface area contributed by atoms with E-state index < -0.39 is 20.9 Å². The van der Waals surface area contributed by atoms with Crippen LogP contribution in [0.5, 0.6) is 0 Å². The Morgan fingerprint density at radius 1 is 1.07 bits per heavy atom. The zero-order chi connectivity index (χ0) is 22.1. The second-order valence-electron chi connectivity index (χ2n) is 6.37. The Balaban J connectivity index is 1.82. The Hall–Kier alpha value is -2.44. The Morgan fingerprint density at radius 2 is 1.73 bits per heavy atom. The minimum absolute atomic E-state index is 0.0148. The zero-order valence-corrected chi connectivity index (χ0v) is 17.6. The molecular weight excluding hydrogens is 459 g/mol. The second-order valence-corrected chi connectivity index (χ2v) is 9.12. The van der Waals surface area contributed by atoms with Gasteiger partial charge in [-0.15, -0.1) is 0 Å². The van der Waals surface area contributed by atoms with Gasteiger partial charge in [0.2, 0.25) is 10.0 Å². The smallest absolute Gasteiger partial charge is 0.276 e. The molecule has 160 valence electrons. The predicted octanol–water partition coefficient (Wildman–Crippen LogP) is 2.53. The van der Waals surface area contributed by atoms with Crippen LogP contribution in [0.3, 0.4) is 0 Å². The van der Waals surface area contributed by atoms with Crippen LogP contribution in [-0.2, 0) is 10.0 Å². The van der Waals surface area contributed by atoms with Crippen molar-refractivity contribution in [2.75, 3.05) is 31.1 Å². The first-order valence-electron chi connectivity index (χ1n) is 8.58. The van der Waals surface area contributed by atoms with Crippen LogP contribution in [0.4, 0.5) is 11.4 Å². The number of non-ortho nitro benzene ring substituents is 1. The molecule has 3 rings (SSSR count). The van der Waals surface area contributed by atoms with Gasteiger partial charge in [0.1, 0.15) is 0 Å². The van der Waals surface area contributed by atoms with Crippen molar-refractivity contribution in [3.05, 3.63) is 62.1 Å². The lowest BCUT2D eigenvalue weighted by molar-refractivity contribution is -0.384. The summed E-state index contributed by atoms with van der Waals surface area (Å²) in [5.41, 5.74) is 1.42. The number of sulfonamides is 1. The molecule has 0 radical (unpaired) electrons. The van der Waals surface area contributed by atoms with Crippen molar-refractivity contribution in [2.24, 2.45) is 0 Å². The number of carbonyl (C=O) groups is 1. The van der Waals surface area contributed by atoms with Crippen LogP contribution >= 0.6 is 23.2 Å². The maximum atomic E-state index is 12.9. The fraction of sp³-hybridized carbons (Fsp3) is 0.235. The van der Waals surface area contributed by atoms with Crippen molar-refractivity contribution < 1.29 is 23.3 Å². The molecule has 1 saturated heterocycles. The van der Waals surface area contributed by atoms with Crippen LogP contribution in [0.25, 0.3) is 0 Å². The summed E-state index contributed by atoms with van der Waals surface area (Å²) in [6.45, 7) is 0.674. The molecule has 1 aliphatic rings. The van der Waals surface area contributed by atoms with Crippen molar-refractivity contribution in [1.82, 2.24) is 9.79 Å². The molecule has 30 heavy (non-hydrogen) atoms. The SMILES string of the molecule is O=C(NO)c1cc([N+](=O)[O-])ccc1N1CCN(S(=O)(=O)c2ccc(Cl)c(Cl)c2)CC1. The lowest BCUT2D eigenvalue weighted by Crippen LogP contribution is -2.49. The molecule has 1 heterocycles. The average molecular weight is 475 g/mol. The van der Waals surface area contributed by atoms with E-state index in [2.05, 4.69) is 0 Å². The van der Waals surface area contributed by atoms with Crippen molar-refractivity contribution in [1.29, 1.82) is 0 Å². The van der Waals surface area contributed by atoms with E-state index in [4.69, 9.17) is 28.4 Å². The lowest BCUT2D eigenvalue weighted by Gasteiger charge is -2.36. The van der Waals surface area contributed by atoms with Gasteiger partial charge in [-0.2, -0.15) is 4.31 Å². The zero-order valence-electron chi connectivity index (χ0n) is 15.3. The van der Waals surface area contributed by atoms with Gasteiger partial charge in [0.15, 0.2) is 0 Å². The first-order valence-corrected chi connectivity index (χ1v) is 10.8. The van der Waals surface area contributed by atoms with E-state index in [1.807, 2.05) is 0 Å². The summed E-state index contributed by atoms with van der Waals surface area (Å²) < 4.78 is 27.0. The van der Waals surface area contributed by atoms with E-state index in [1.54, 1.807) is 4.90 Å². The summed E-state index contributed by atoms with van der Waals surface area (Å²) >= 11 is 11.8. The topological polar surface area (TPSA) is 133 Å². The first kappa shape index (κ1) is 22.2.